The fraction of sp³-hybridized carbons (Fsp3) is 0.360. The van der Waals surface area contributed by atoms with Crippen molar-refractivity contribution in [2.24, 2.45) is 5.92 Å². The van der Waals surface area contributed by atoms with Crippen LogP contribution in [0.4, 0.5) is 0 Å². The van der Waals surface area contributed by atoms with Crippen LogP contribution in [0, 0.1) is 5.92 Å². The van der Waals surface area contributed by atoms with Crippen LogP contribution in [0.25, 0.3) is 22.5 Å². The van der Waals surface area contributed by atoms with Gasteiger partial charge in [-0.1, -0.05) is 60.7 Å². The molecule has 168 valence electrons. The average Bonchev–Trinajstić information content (AvgIpc) is 3.63. The van der Waals surface area contributed by atoms with Crippen molar-refractivity contribution in [3.63, 3.8) is 0 Å². The molecule has 0 aliphatic heterocycles. The van der Waals surface area contributed by atoms with Gasteiger partial charge in [0.15, 0.2) is 0 Å². The maximum atomic E-state index is 5.95. The smallest absolute Gasteiger partial charge is 0.137 e. The number of rotatable bonds is 9. The Morgan fingerprint density at radius 1 is 1.09 bits per heavy atom. The zero-order valence-corrected chi connectivity index (χ0v) is 23.7. The normalized spacial score (nSPS) is 14.9. The van der Waals surface area contributed by atoms with Crippen LogP contribution < -0.4 is 4.74 Å². The molecule has 3 unspecified atom stereocenters. The summed E-state index contributed by atoms with van der Waals surface area (Å²) in [5.41, 5.74) is 5.63. The van der Waals surface area contributed by atoms with E-state index < -0.39 is 0 Å². The van der Waals surface area contributed by atoms with Crippen LogP contribution in [0.3, 0.4) is 0 Å². The van der Waals surface area contributed by atoms with Gasteiger partial charge in [-0.2, -0.15) is 0 Å². The Balaban J connectivity index is 1.52. The van der Waals surface area contributed by atoms with Gasteiger partial charge in [-0.25, -0.2) is 0 Å². The minimum Gasteiger partial charge on any atom is -0.492 e. The summed E-state index contributed by atoms with van der Waals surface area (Å²) in [6.07, 6.45) is 6.43. The highest BCUT2D eigenvalue weighted by Crippen LogP contribution is 2.42. The molecule has 3 aromatic rings. The van der Waals surface area contributed by atoms with Gasteiger partial charge in [-0.05, 0) is 53.8 Å². The van der Waals surface area contributed by atoms with Crippen molar-refractivity contribution in [3.05, 3.63) is 60.4 Å². The molecule has 0 N–H and O–H groups in total. The number of benzene rings is 1. The lowest BCUT2D eigenvalue weighted by Crippen LogP contribution is -2.21. The van der Waals surface area contributed by atoms with E-state index >= 15 is 0 Å². The standard InChI is InChI=1S/C25H29IN2OP2S/c1-3-32-23-12-20(19-8-6-18(7-9-19)17-4-5-17)13-28-24(23)22-11-10-21(14-27-22)29-15-16(2)25(26,30)31/h6-14,16-17H,3-5,15,30-31H2,1-2H3. The van der Waals surface area contributed by atoms with E-state index in [1.54, 1.807) is 18.0 Å². The second-order valence-corrected chi connectivity index (χ2v) is 16.4. The summed E-state index contributed by atoms with van der Waals surface area (Å²) in [6, 6.07) is 15.2. The molecule has 1 aliphatic rings. The third-order valence-electron chi connectivity index (χ3n) is 5.68. The number of ether oxygens (including phenoxy) is 1. The lowest BCUT2D eigenvalue weighted by Gasteiger charge is -2.24. The number of nitrogens with zero attached hydrogens (tertiary/aromatic N) is 2. The zero-order valence-electron chi connectivity index (χ0n) is 18.4. The Morgan fingerprint density at radius 2 is 1.84 bits per heavy atom. The molecule has 1 fully saturated rings. The Bertz CT molecular complexity index is 1050. The zero-order chi connectivity index (χ0) is 22.7. The fourth-order valence-corrected chi connectivity index (χ4v) is 4.57. The summed E-state index contributed by atoms with van der Waals surface area (Å²) in [7, 11) is 5.69. The van der Waals surface area contributed by atoms with Crippen molar-refractivity contribution in [1.82, 2.24) is 9.97 Å². The predicted molar refractivity (Wildman–Crippen MR) is 152 cm³/mol. The Morgan fingerprint density at radius 3 is 2.44 bits per heavy atom. The van der Waals surface area contributed by atoms with Gasteiger partial charge >= 0.3 is 0 Å². The number of pyridine rings is 2. The molecule has 2 aromatic heterocycles. The van der Waals surface area contributed by atoms with Crippen LogP contribution >= 0.6 is 52.8 Å². The highest BCUT2D eigenvalue weighted by atomic mass is 127. The van der Waals surface area contributed by atoms with Gasteiger partial charge in [-0.15, -0.1) is 30.2 Å². The number of alkyl halides is 1. The number of thioether (sulfide) groups is 1. The van der Waals surface area contributed by atoms with E-state index in [1.807, 2.05) is 18.3 Å². The molecule has 1 saturated carbocycles. The van der Waals surface area contributed by atoms with Crippen LogP contribution in [-0.4, -0.2) is 25.2 Å². The van der Waals surface area contributed by atoms with Crippen molar-refractivity contribution in [2.45, 2.75) is 40.4 Å². The Kier molecular flexibility index (Phi) is 8.14. The maximum Gasteiger partial charge on any atom is 0.137 e. The number of aromatic nitrogens is 2. The molecule has 0 amide bonds. The summed E-state index contributed by atoms with van der Waals surface area (Å²) in [5.74, 6) is 2.92. The lowest BCUT2D eigenvalue weighted by molar-refractivity contribution is 0.266. The average molecular weight is 594 g/mol. The van der Waals surface area contributed by atoms with E-state index in [4.69, 9.17) is 9.72 Å². The van der Waals surface area contributed by atoms with Gasteiger partial charge < -0.3 is 4.74 Å². The van der Waals surface area contributed by atoms with E-state index in [0.29, 0.717) is 12.5 Å². The van der Waals surface area contributed by atoms with Gasteiger partial charge in [0.1, 0.15) is 11.4 Å². The van der Waals surface area contributed by atoms with Crippen molar-refractivity contribution in [2.75, 3.05) is 12.4 Å². The first kappa shape index (κ1) is 24.4. The molecule has 0 bridgehead atoms. The maximum absolute atomic E-state index is 5.95. The van der Waals surface area contributed by atoms with Gasteiger partial charge in [0.2, 0.25) is 0 Å². The molecule has 7 heteroatoms. The second-order valence-electron chi connectivity index (χ2n) is 8.32. The predicted octanol–water partition coefficient (Wildman–Crippen LogP) is 7.65. The summed E-state index contributed by atoms with van der Waals surface area (Å²) in [5, 5.41) is 0. The number of hydrogen-bond donors (Lipinski definition) is 0. The molecule has 3 atom stereocenters. The van der Waals surface area contributed by atoms with Crippen LogP contribution in [-0.2, 0) is 0 Å². The van der Waals surface area contributed by atoms with Gasteiger partial charge in [-0.3, -0.25) is 9.97 Å². The lowest BCUT2D eigenvalue weighted by atomic mass is 10.0. The quantitative estimate of drug-likeness (QED) is 0.110. The van der Waals surface area contributed by atoms with Crippen LogP contribution in [0.5, 0.6) is 5.75 Å². The van der Waals surface area contributed by atoms with E-state index in [2.05, 4.69) is 90.2 Å². The summed E-state index contributed by atoms with van der Waals surface area (Å²) < 4.78 is 5.98. The Hall–Kier alpha value is -0.740. The van der Waals surface area contributed by atoms with Crippen molar-refractivity contribution < 1.29 is 4.74 Å². The van der Waals surface area contributed by atoms with Gasteiger partial charge in [0.25, 0.3) is 0 Å². The molecule has 4 rings (SSSR count). The SMILES string of the molecule is CCSc1cc(-c2ccc(C3CC3)cc2)cnc1-c1ccc(OCC(C)C(P)(P)I)cn1. The molecule has 1 aromatic carbocycles. The number of hydrogen-bond acceptors (Lipinski definition) is 4. The van der Waals surface area contributed by atoms with Crippen LogP contribution in [0.2, 0.25) is 0 Å². The van der Waals surface area contributed by atoms with Gasteiger partial charge in [0, 0.05) is 22.6 Å². The van der Waals surface area contributed by atoms with Crippen molar-refractivity contribution in [3.8, 4) is 28.3 Å². The summed E-state index contributed by atoms with van der Waals surface area (Å²) in [6.45, 7) is 4.98. The number of halogens is 1. The molecule has 2 heterocycles. The molecule has 32 heavy (non-hydrogen) atoms. The van der Waals surface area contributed by atoms with E-state index in [-0.39, 0.29) is 2.90 Å². The first-order valence-electron chi connectivity index (χ1n) is 10.9. The van der Waals surface area contributed by atoms with Gasteiger partial charge in [0.05, 0.1) is 21.4 Å². The minimum atomic E-state index is 0.0291. The first-order chi connectivity index (χ1) is 15.3. The molecule has 0 radical (unpaired) electrons. The monoisotopic (exact) mass is 594 g/mol. The highest BCUT2D eigenvalue weighted by Gasteiger charge is 2.24. The molecular weight excluding hydrogens is 565 g/mol. The van der Waals surface area contributed by atoms with E-state index in [9.17, 15) is 0 Å². The first-order valence-corrected chi connectivity index (χ1v) is 14.2. The minimum absolute atomic E-state index is 0.0291. The second kappa shape index (κ2) is 10.7. The van der Waals surface area contributed by atoms with E-state index in [1.165, 1.54) is 24.0 Å². The topological polar surface area (TPSA) is 35.0 Å². The molecular formula is C25H29IN2OP2S. The fourth-order valence-electron chi connectivity index (χ4n) is 3.38. The van der Waals surface area contributed by atoms with Crippen LogP contribution in [0.1, 0.15) is 38.2 Å². The summed E-state index contributed by atoms with van der Waals surface area (Å²) >= 11 is 4.21. The largest absolute Gasteiger partial charge is 0.492 e. The molecule has 0 saturated heterocycles. The van der Waals surface area contributed by atoms with E-state index in [0.717, 1.165) is 39.3 Å². The third kappa shape index (κ3) is 6.23. The highest BCUT2D eigenvalue weighted by molar-refractivity contribution is 14.1. The van der Waals surface area contributed by atoms with Crippen molar-refractivity contribution in [1.29, 1.82) is 0 Å². The molecule has 1 aliphatic carbocycles. The summed E-state index contributed by atoms with van der Waals surface area (Å²) in [4.78, 5) is 10.6. The molecule has 3 nitrogen and oxygen atoms in total. The Labute approximate surface area is 213 Å². The van der Waals surface area contributed by atoms with Crippen LogP contribution in [0.15, 0.2) is 59.8 Å². The van der Waals surface area contributed by atoms with Crippen molar-refractivity contribution >= 4 is 52.8 Å². The third-order valence-corrected chi connectivity index (χ3v) is 8.79. The molecule has 0 spiro atoms.